The van der Waals surface area contributed by atoms with Gasteiger partial charge in [0.25, 0.3) is 0 Å². The Bertz CT molecular complexity index is 70.8. The van der Waals surface area contributed by atoms with Crippen molar-refractivity contribution in [3.8, 4) is 0 Å². The van der Waals surface area contributed by atoms with Gasteiger partial charge in [0.1, 0.15) is 0 Å². The van der Waals surface area contributed by atoms with Crippen LogP contribution in [-0.2, 0) is 0 Å². The van der Waals surface area contributed by atoms with Crippen LogP contribution < -0.4 is 0 Å². The average Bonchev–Trinajstić information content (AvgIpc) is 2.14. The number of hydrogen-bond donors (Lipinski definition) is 0. The molecule has 0 saturated carbocycles. The summed E-state index contributed by atoms with van der Waals surface area (Å²) < 4.78 is 0. The summed E-state index contributed by atoms with van der Waals surface area (Å²) in [5.41, 5.74) is 0. The molecule has 0 aromatic rings. The second-order valence-electron chi connectivity index (χ2n) is 2.79. The summed E-state index contributed by atoms with van der Waals surface area (Å²) >= 11 is 0. The van der Waals surface area contributed by atoms with E-state index in [9.17, 15) is 0 Å². The highest BCUT2D eigenvalue weighted by molar-refractivity contribution is 7.57. The third kappa shape index (κ3) is 1.45. The predicted molar refractivity (Wildman–Crippen MR) is 41.0 cm³/mol. The van der Waals surface area contributed by atoms with Gasteiger partial charge in [-0.05, 0) is 30.8 Å². The molecule has 48 valence electrons. The zero-order valence-electron chi connectivity index (χ0n) is 5.85. The van der Waals surface area contributed by atoms with Crippen LogP contribution >= 0.6 is 7.92 Å². The summed E-state index contributed by atoms with van der Waals surface area (Å²) in [6, 6.07) is 0. The van der Waals surface area contributed by atoms with Gasteiger partial charge < -0.3 is 0 Å². The lowest BCUT2D eigenvalue weighted by Gasteiger charge is -2.03. The molecule has 1 fully saturated rings. The first-order valence-corrected chi connectivity index (χ1v) is 5.45. The maximum Gasteiger partial charge on any atom is -0.0300 e. The van der Waals surface area contributed by atoms with Gasteiger partial charge >= 0.3 is 0 Å². The van der Waals surface area contributed by atoms with Gasteiger partial charge in [0.2, 0.25) is 0 Å². The van der Waals surface area contributed by atoms with Crippen LogP contribution in [0.4, 0.5) is 0 Å². The smallest absolute Gasteiger partial charge is 0.0300 e. The minimum Gasteiger partial charge on any atom is -0.107 e. The van der Waals surface area contributed by atoms with Gasteiger partial charge in [-0.1, -0.05) is 13.8 Å². The molecule has 0 aromatic carbocycles. The van der Waals surface area contributed by atoms with Gasteiger partial charge in [-0.25, -0.2) is 0 Å². The Balaban J connectivity index is 2.22. The largest absolute Gasteiger partial charge is 0.107 e. The van der Waals surface area contributed by atoms with E-state index in [1.54, 1.807) is 12.3 Å². The fourth-order valence-corrected chi connectivity index (χ4v) is 3.94. The molecule has 1 heterocycles. The maximum absolute atomic E-state index is 2.39. The van der Waals surface area contributed by atoms with Crippen LogP contribution in [0.5, 0.6) is 0 Å². The monoisotopic (exact) mass is 130 g/mol. The Hall–Kier alpha value is 0.430. The molecule has 1 heteroatoms. The number of rotatable bonds is 1. The van der Waals surface area contributed by atoms with Crippen molar-refractivity contribution in [3.05, 3.63) is 0 Å². The first-order valence-electron chi connectivity index (χ1n) is 3.55. The predicted octanol–water partition coefficient (Wildman–Crippen LogP) is 2.53. The van der Waals surface area contributed by atoms with Crippen molar-refractivity contribution >= 4 is 7.92 Å². The SMILES string of the molecule is CCP1CCC(C)C1. The molecular weight excluding hydrogens is 115 g/mol. The molecule has 0 nitrogen and oxygen atoms in total. The van der Waals surface area contributed by atoms with Crippen molar-refractivity contribution in [2.45, 2.75) is 20.3 Å². The van der Waals surface area contributed by atoms with Gasteiger partial charge in [0.05, 0.1) is 0 Å². The van der Waals surface area contributed by atoms with E-state index in [1.165, 1.54) is 12.6 Å². The van der Waals surface area contributed by atoms with Crippen LogP contribution in [0.1, 0.15) is 20.3 Å². The second-order valence-corrected chi connectivity index (χ2v) is 5.57. The zero-order chi connectivity index (χ0) is 5.98. The Morgan fingerprint density at radius 1 is 1.62 bits per heavy atom. The molecule has 0 amide bonds. The average molecular weight is 130 g/mol. The topological polar surface area (TPSA) is 0 Å². The van der Waals surface area contributed by atoms with Crippen molar-refractivity contribution in [1.82, 2.24) is 0 Å². The molecule has 1 aliphatic rings. The summed E-state index contributed by atoms with van der Waals surface area (Å²) in [5, 5.41) is 0. The van der Waals surface area contributed by atoms with E-state index >= 15 is 0 Å². The van der Waals surface area contributed by atoms with Crippen LogP contribution in [0.15, 0.2) is 0 Å². The minimum absolute atomic E-state index is 0.518. The highest BCUT2D eigenvalue weighted by Crippen LogP contribution is 2.45. The molecule has 2 unspecified atom stereocenters. The van der Waals surface area contributed by atoms with Gasteiger partial charge in [-0.2, -0.15) is 0 Å². The van der Waals surface area contributed by atoms with Gasteiger partial charge in [0, 0.05) is 0 Å². The summed E-state index contributed by atoms with van der Waals surface area (Å²) in [4.78, 5) is 0. The Morgan fingerprint density at radius 2 is 2.38 bits per heavy atom. The highest BCUT2D eigenvalue weighted by atomic mass is 31.1. The Labute approximate surface area is 53.4 Å². The standard InChI is InChI=1S/C7H15P/c1-3-8-5-4-7(2)6-8/h7H,3-6H2,1-2H3. The van der Waals surface area contributed by atoms with Crippen LogP contribution in [0.25, 0.3) is 0 Å². The molecule has 8 heavy (non-hydrogen) atoms. The van der Waals surface area contributed by atoms with E-state index in [0.29, 0.717) is 7.92 Å². The molecule has 0 spiro atoms. The van der Waals surface area contributed by atoms with E-state index in [-0.39, 0.29) is 0 Å². The van der Waals surface area contributed by atoms with E-state index < -0.39 is 0 Å². The molecule has 1 saturated heterocycles. The summed E-state index contributed by atoms with van der Waals surface area (Å²) in [5.74, 6) is 1.06. The normalized spacial score (nSPS) is 38.2. The zero-order valence-corrected chi connectivity index (χ0v) is 6.75. The van der Waals surface area contributed by atoms with Crippen LogP contribution in [0.2, 0.25) is 0 Å². The lowest BCUT2D eigenvalue weighted by molar-refractivity contribution is 0.669. The van der Waals surface area contributed by atoms with Crippen LogP contribution in [0.3, 0.4) is 0 Å². The third-order valence-corrected chi connectivity index (χ3v) is 4.88. The molecule has 1 rings (SSSR count). The quantitative estimate of drug-likeness (QED) is 0.478. The first kappa shape index (κ1) is 6.55. The van der Waals surface area contributed by atoms with E-state index in [1.807, 2.05) is 0 Å². The molecule has 2 atom stereocenters. The second kappa shape index (κ2) is 2.82. The fraction of sp³-hybridized carbons (Fsp3) is 1.00. The Morgan fingerprint density at radius 3 is 2.62 bits per heavy atom. The van der Waals surface area contributed by atoms with E-state index in [0.717, 1.165) is 5.92 Å². The molecule has 0 aliphatic carbocycles. The van der Waals surface area contributed by atoms with E-state index in [4.69, 9.17) is 0 Å². The number of hydrogen-bond acceptors (Lipinski definition) is 0. The van der Waals surface area contributed by atoms with Crippen molar-refractivity contribution in [2.24, 2.45) is 5.92 Å². The van der Waals surface area contributed by atoms with Crippen LogP contribution in [-0.4, -0.2) is 18.5 Å². The lowest BCUT2D eigenvalue weighted by Crippen LogP contribution is -1.87. The third-order valence-electron chi connectivity index (χ3n) is 1.96. The molecule has 0 bridgehead atoms. The molecule has 0 aromatic heterocycles. The van der Waals surface area contributed by atoms with Gasteiger partial charge in [-0.3, -0.25) is 0 Å². The summed E-state index contributed by atoms with van der Waals surface area (Å²) in [7, 11) is 0.518. The molecule has 0 radical (unpaired) electrons. The molecule has 1 aliphatic heterocycles. The fourth-order valence-electron chi connectivity index (χ4n) is 1.31. The molecular formula is C7H15P. The first-order chi connectivity index (χ1) is 3.83. The van der Waals surface area contributed by atoms with Crippen molar-refractivity contribution in [2.75, 3.05) is 18.5 Å². The minimum atomic E-state index is 0.518. The van der Waals surface area contributed by atoms with E-state index in [2.05, 4.69) is 13.8 Å². The summed E-state index contributed by atoms with van der Waals surface area (Å²) in [6.07, 6.45) is 6.11. The highest BCUT2D eigenvalue weighted by Gasteiger charge is 2.17. The van der Waals surface area contributed by atoms with Gasteiger partial charge in [-0.15, -0.1) is 7.92 Å². The summed E-state index contributed by atoms with van der Waals surface area (Å²) in [6.45, 7) is 4.72. The Kier molecular flexibility index (Phi) is 2.31. The van der Waals surface area contributed by atoms with Gasteiger partial charge in [0.15, 0.2) is 0 Å². The van der Waals surface area contributed by atoms with Crippen molar-refractivity contribution in [1.29, 1.82) is 0 Å². The van der Waals surface area contributed by atoms with Crippen molar-refractivity contribution < 1.29 is 0 Å². The maximum atomic E-state index is 2.39. The van der Waals surface area contributed by atoms with Crippen molar-refractivity contribution in [3.63, 3.8) is 0 Å². The lowest BCUT2D eigenvalue weighted by atomic mass is 10.2. The van der Waals surface area contributed by atoms with Crippen LogP contribution in [0, 0.1) is 5.92 Å². The molecule has 0 N–H and O–H groups in total.